The molecule has 0 aliphatic rings. The number of aliphatic hydroxyl groups is 5. The zero-order chi connectivity index (χ0) is 16.8. The van der Waals surface area contributed by atoms with E-state index >= 15 is 0 Å². The van der Waals surface area contributed by atoms with Crippen LogP contribution >= 0.6 is 0 Å². The molecule has 0 aromatic carbocycles. The van der Waals surface area contributed by atoms with Crippen LogP contribution in [-0.2, 0) is 4.79 Å². The van der Waals surface area contributed by atoms with Crippen LogP contribution in [0.1, 0.15) is 33.6 Å². The van der Waals surface area contributed by atoms with Crippen LogP contribution in [0.15, 0.2) is 0 Å². The summed E-state index contributed by atoms with van der Waals surface area (Å²) < 4.78 is 0. The molecule has 0 unspecified atom stereocenters. The molecule has 0 aliphatic carbocycles. The summed E-state index contributed by atoms with van der Waals surface area (Å²) in [7, 11) is 1.50. The first kappa shape index (κ1) is 20.3. The number of hydrogen-bond acceptors (Lipinski definition) is 6. The summed E-state index contributed by atoms with van der Waals surface area (Å²) in [4.78, 5) is 13.2. The SMILES string of the molecule is CN(C[C@H](O)[C@@H](O)[C@H](O)[C@H](O)CO)C(=O)CCC(C)(C)C. The van der Waals surface area contributed by atoms with Crippen molar-refractivity contribution >= 4 is 5.91 Å². The number of nitrogens with zero attached hydrogens (tertiary/aromatic N) is 1. The van der Waals surface area contributed by atoms with E-state index in [1.165, 1.54) is 11.9 Å². The molecule has 0 heterocycles. The lowest BCUT2D eigenvalue weighted by Gasteiger charge is -2.29. The van der Waals surface area contributed by atoms with E-state index in [1.54, 1.807) is 0 Å². The minimum Gasteiger partial charge on any atom is -0.394 e. The second kappa shape index (κ2) is 8.65. The Morgan fingerprint density at radius 3 is 1.95 bits per heavy atom. The quantitative estimate of drug-likeness (QED) is 0.380. The summed E-state index contributed by atoms with van der Waals surface area (Å²) in [6, 6.07) is 0. The van der Waals surface area contributed by atoms with Crippen LogP contribution in [0.25, 0.3) is 0 Å². The summed E-state index contributed by atoms with van der Waals surface area (Å²) >= 11 is 0. The summed E-state index contributed by atoms with van der Waals surface area (Å²) in [5, 5.41) is 46.8. The Kier molecular flexibility index (Phi) is 8.35. The summed E-state index contributed by atoms with van der Waals surface area (Å²) in [5.41, 5.74) is 0.0239. The number of rotatable bonds is 8. The maximum atomic E-state index is 11.9. The molecule has 0 aromatic rings. The van der Waals surface area contributed by atoms with Crippen LogP contribution in [0.4, 0.5) is 0 Å². The van der Waals surface area contributed by atoms with Crippen molar-refractivity contribution in [1.29, 1.82) is 0 Å². The first-order chi connectivity index (χ1) is 9.49. The third kappa shape index (κ3) is 7.73. The number of amides is 1. The fraction of sp³-hybridized carbons (Fsp3) is 0.929. The number of aliphatic hydroxyl groups excluding tert-OH is 5. The first-order valence-electron chi connectivity index (χ1n) is 7.06. The van der Waals surface area contributed by atoms with Crippen LogP contribution in [0.2, 0.25) is 0 Å². The molecule has 7 nitrogen and oxygen atoms in total. The summed E-state index contributed by atoms with van der Waals surface area (Å²) in [6.45, 7) is 5.16. The smallest absolute Gasteiger partial charge is 0.222 e. The van der Waals surface area contributed by atoms with Gasteiger partial charge in [-0.25, -0.2) is 0 Å². The molecule has 5 N–H and O–H groups in total. The van der Waals surface area contributed by atoms with E-state index in [1.807, 2.05) is 20.8 Å². The maximum absolute atomic E-state index is 11.9. The van der Waals surface area contributed by atoms with Crippen molar-refractivity contribution in [2.45, 2.75) is 58.0 Å². The van der Waals surface area contributed by atoms with Crippen LogP contribution in [0.3, 0.4) is 0 Å². The molecule has 0 spiro atoms. The lowest BCUT2D eigenvalue weighted by atomic mass is 9.90. The molecule has 0 aliphatic heterocycles. The fourth-order valence-electron chi connectivity index (χ4n) is 1.73. The van der Waals surface area contributed by atoms with Gasteiger partial charge in [-0.3, -0.25) is 4.79 Å². The monoisotopic (exact) mass is 307 g/mol. The van der Waals surface area contributed by atoms with E-state index in [4.69, 9.17) is 5.11 Å². The van der Waals surface area contributed by atoms with E-state index < -0.39 is 31.0 Å². The highest BCUT2D eigenvalue weighted by Gasteiger charge is 2.31. The number of carbonyl (C=O) groups excluding carboxylic acids is 1. The van der Waals surface area contributed by atoms with E-state index in [0.717, 1.165) is 0 Å². The third-order valence-electron chi connectivity index (χ3n) is 3.30. The largest absolute Gasteiger partial charge is 0.394 e. The van der Waals surface area contributed by atoms with Crippen molar-refractivity contribution in [2.24, 2.45) is 5.41 Å². The Morgan fingerprint density at radius 2 is 1.52 bits per heavy atom. The molecule has 0 aromatic heterocycles. The summed E-state index contributed by atoms with van der Waals surface area (Å²) in [5.74, 6) is -0.173. The molecule has 1 amide bonds. The van der Waals surface area contributed by atoms with Crippen LogP contribution in [0.5, 0.6) is 0 Å². The van der Waals surface area contributed by atoms with Gasteiger partial charge < -0.3 is 30.4 Å². The lowest BCUT2D eigenvalue weighted by molar-refractivity contribution is -0.138. The van der Waals surface area contributed by atoms with Crippen LogP contribution in [0, 0.1) is 5.41 Å². The molecular weight excluding hydrogens is 278 g/mol. The van der Waals surface area contributed by atoms with Gasteiger partial charge in [-0.05, 0) is 11.8 Å². The second-order valence-electron chi connectivity index (χ2n) is 6.63. The minimum absolute atomic E-state index is 0.0239. The van der Waals surface area contributed by atoms with E-state index in [9.17, 15) is 25.2 Å². The molecule has 0 rings (SSSR count). The number of carbonyl (C=O) groups is 1. The molecular formula is C14H29NO6. The van der Waals surface area contributed by atoms with Crippen LogP contribution < -0.4 is 0 Å². The fourth-order valence-corrected chi connectivity index (χ4v) is 1.73. The Balaban J connectivity index is 4.36. The molecule has 0 bridgehead atoms. The number of hydrogen-bond donors (Lipinski definition) is 5. The van der Waals surface area contributed by atoms with E-state index in [-0.39, 0.29) is 17.9 Å². The molecule has 126 valence electrons. The number of likely N-dealkylation sites (N-methyl/N-ethyl adjacent to an activating group) is 1. The lowest BCUT2D eigenvalue weighted by Crippen LogP contribution is -2.50. The van der Waals surface area contributed by atoms with Crippen molar-refractivity contribution in [3.63, 3.8) is 0 Å². The van der Waals surface area contributed by atoms with Crippen molar-refractivity contribution in [1.82, 2.24) is 4.90 Å². The molecule has 4 atom stereocenters. The highest BCUT2D eigenvalue weighted by atomic mass is 16.4. The predicted octanol–water partition coefficient (Wildman–Crippen LogP) is -1.29. The molecule has 21 heavy (non-hydrogen) atoms. The topological polar surface area (TPSA) is 121 Å². The third-order valence-corrected chi connectivity index (χ3v) is 3.30. The zero-order valence-electron chi connectivity index (χ0n) is 13.2. The van der Waals surface area contributed by atoms with Gasteiger partial charge in [0.2, 0.25) is 5.91 Å². The molecule has 0 fully saturated rings. The van der Waals surface area contributed by atoms with Gasteiger partial charge in [0.1, 0.15) is 24.4 Å². The van der Waals surface area contributed by atoms with Gasteiger partial charge in [0.25, 0.3) is 0 Å². The molecule has 7 heteroatoms. The van der Waals surface area contributed by atoms with Gasteiger partial charge in [-0.1, -0.05) is 20.8 Å². The van der Waals surface area contributed by atoms with Gasteiger partial charge in [-0.15, -0.1) is 0 Å². The predicted molar refractivity (Wildman–Crippen MR) is 77.4 cm³/mol. The molecule has 0 saturated carbocycles. The Bertz CT molecular complexity index is 317. The van der Waals surface area contributed by atoms with E-state index in [2.05, 4.69) is 0 Å². The Hall–Kier alpha value is -0.730. The van der Waals surface area contributed by atoms with Gasteiger partial charge in [0.15, 0.2) is 0 Å². The van der Waals surface area contributed by atoms with Gasteiger partial charge >= 0.3 is 0 Å². The van der Waals surface area contributed by atoms with Gasteiger partial charge in [0, 0.05) is 20.0 Å². The van der Waals surface area contributed by atoms with Crippen molar-refractivity contribution in [3.8, 4) is 0 Å². The zero-order valence-corrected chi connectivity index (χ0v) is 13.2. The maximum Gasteiger partial charge on any atom is 0.222 e. The van der Waals surface area contributed by atoms with E-state index in [0.29, 0.717) is 12.8 Å². The highest BCUT2D eigenvalue weighted by Crippen LogP contribution is 2.21. The minimum atomic E-state index is -1.68. The Morgan fingerprint density at radius 1 is 1.05 bits per heavy atom. The van der Waals surface area contributed by atoms with Crippen molar-refractivity contribution in [2.75, 3.05) is 20.2 Å². The standard InChI is InChI=1S/C14H29NO6/c1-14(2,3)6-5-11(19)15(4)7-9(17)12(20)13(21)10(18)8-16/h9-10,12-13,16-18,20-21H,5-8H2,1-4H3/t9-,10+,12+,13+/m0/s1. The summed E-state index contributed by atoms with van der Waals surface area (Å²) in [6.07, 6.45) is -5.26. The average Bonchev–Trinajstić information content (AvgIpc) is 2.40. The van der Waals surface area contributed by atoms with Gasteiger partial charge in [0.05, 0.1) is 6.61 Å². The Labute approximate surface area is 125 Å². The average molecular weight is 307 g/mol. The highest BCUT2D eigenvalue weighted by molar-refractivity contribution is 5.75. The first-order valence-corrected chi connectivity index (χ1v) is 7.06. The normalized spacial score (nSPS) is 18.0. The van der Waals surface area contributed by atoms with Gasteiger partial charge in [-0.2, -0.15) is 0 Å². The van der Waals surface area contributed by atoms with Crippen molar-refractivity contribution < 1.29 is 30.3 Å². The van der Waals surface area contributed by atoms with Crippen LogP contribution in [-0.4, -0.2) is 81.0 Å². The molecule has 0 radical (unpaired) electrons. The second-order valence-corrected chi connectivity index (χ2v) is 6.63. The van der Waals surface area contributed by atoms with Crippen molar-refractivity contribution in [3.05, 3.63) is 0 Å². The molecule has 0 saturated heterocycles.